The Balaban J connectivity index is 0.00000220. The summed E-state index contributed by atoms with van der Waals surface area (Å²) >= 11 is 1.34. The number of nitrogens with two attached hydrogens (primary N) is 1. The van der Waals surface area contributed by atoms with E-state index in [4.69, 9.17) is 5.73 Å². The number of aromatic nitrogens is 2. The Morgan fingerprint density at radius 2 is 2.24 bits per heavy atom. The first-order valence-corrected chi connectivity index (χ1v) is 7.24. The molecule has 0 bridgehead atoms. The summed E-state index contributed by atoms with van der Waals surface area (Å²) in [6.45, 7) is 6.11. The molecule has 0 spiro atoms. The second-order valence-electron chi connectivity index (χ2n) is 5.26. The van der Waals surface area contributed by atoms with E-state index in [2.05, 4.69) is 10.3 Å². The third-order valence-corrected chi connectivity index (χ3v) is 4.46. The minimum atomic E-state index is -0.558. The van der Waals surface area contributed by atoms with Crippen molar-refractivity contribution in [1.82, 2.24) is 14.7 Å². The van der Waals surface area contributed by atoms with Gasteiger partial charge in [0.1, 0.15) is 5.56 Å². The van der Waals surface area contributed by atoms with E-state index in [1.54, 1.807) is 11.6 Å². The smallest absolute Gasteiger partial charge is 0.271 e. The quantitative estimate of drug-likeness (QED) is 0.883. The van der Waals surface area contributed by atoms with Crippen molar-refractivity contribution in [2.45, 2.75) is 26.3 Å². The largest absolute Gasteiger partial charge is 0.345 e. The summed E-state index contributed by atoms with van der Waals surface area (Å²) in [6.07, 6.45) is 2.93. The van der Waals surface area contributed by atoms with Gasteiger partial charge in [-0.25, -0.2) is 4.98 Å². The summed E-state index contributed by atoms with van der Waals surface area (Å²) in [7, 11) is 0. The molecule has 6 nitrogen and oxygen atoms in total. The Hall–Kier alpha value is -1.44. The van der Waals surface area contributed by atoms with Gasteiger partial charge in [0.25, 0.3) is 11.5 Å². The molecule has 1 atom stereocenters. The number of amides is 1. The highest BCUT2D eigenvalue weighted by atomic mass is 35.5. The predicted octanol–water partition coefficient (Wildman–Crippen LogP) is 1.28. The fourth-order valence-electron chi connectivity index (χ4n) is 1.74. The van der Waals surface area contributed by atoms with Crippen molar-refractivity contribution >= 4 is 34.6 Å². The fourth-order valence-corrected chi connectivity index (χ4v) is 2.41. The molecule has 0 fully saturated rings. The molecule has 0 saturated carbocycles. The van der Waals surface area contributed by atoms with Crippen LogP contribution in [0.4, 0.5) is 0 Å². The maximum atomic E-state index is 12.3. The summed E-state index contributed by atoms with van der Waals surface area (Å²) in [5.41, 5.74) is 4.84. The van der Waals surface area contributed by atoms with E-state index in [1.165, 1.54) is 21.9 Å². The van der Waals surface area contributed by atoms with Gasteiger partial charge in [-0.1, -0.05) is 13.8 Å². The van der Waals surface area contributed by atoms with Gasteiger partial charge >= 0.3 is 0 Å². The van der Waals surface area contributed by atoms with Crippen LogP contribution in [0.5, 0.6) is 0 Å². The van der Waals surface area contributed by atoms with E-state index in [9.17, 15) is 9.59 Å². The van der Waals surface area contributed by atoms with Gasteiger partial charge in [0.2, 0.25) is 0 Å². The first-order valence-electron chi connectivity index (χ1n) is 6.36. The van der Waals surface area contributed by atoms with Crippen molar-refractivity contribution in [3.05, 3.63) is 33.7 Å². The standard InChI is InChI=1S/C13H18N4O2S.ClH/c1-8(2)13(3,7-14)16-10(18)9-6-15-12-17(11(9)19)4-5-20-12;/h4-6,8H,7,14H2,1-3H3,(H,16,18);1H. The maximum absolute atomic E-state index is 12.3. The summed E-state index contributed by atoms with van der Waals surface area (Å²) < 4.78 is 1.37. The number of nitrogens with one attached hydrogen (secondary N) is 1. The van der Waals surface area contributed by atoms with Crippen LogP contribution in [0.15, 0.2) is 22.6 Å². The SMILES string of the molecule is CC(C)C(C)(CN)NC(=O)c1cnc2sccn2c1=O.Cl. The van der Waals surface area contributed by atoms with Crippen molar-refractivity contribution in [2.24, 2.45) is 11.7 Å². The average molecular weight is 331 g/mol. The number of halogens is 1. The van der Waals surface area contributed by atoms with Gasteiger partial charge in [-0.15, -0.1) is 23.7 Å². The zero-order valence-electron chi connectivity index (χ0n) is 12.1. The zero-order valence-corrected chi connectivity index (χ0v) is 13.8. The predicted molar refractivity (Wildman–Crippen MR) is 86.4 cm³/mol. The molecule has 21 heavy (non-hydrogen) atoms. The number of nitrogens with zero attached hydrogens (tertiary/aromatic N) is 2. The number of hydrogen-bond donors (Lipinski definition) is 2. The van der Waals surface area contributed by atoms with Gasteiger partial charge in [-0.2, -0.15) is 0 Å². The van der Waals surface area contributed by atoms with E-state index in [1.807, 2.05) is 20.8 Å². The number of fused-ring (bicyclic) bond motifs is 1. The number of hydrogen-bond acceptors (Lipinski definition) is 5. The molecule has 116 valence electrons. The van der Waals surface area contributed by atoms with E-state index in [0.717, 1.165) is 0 Å². The van der Waals surface area contributed by atoms with E-state index in [-0.39, 0.29) is 29.4 Å². The Kier molecular flexibility index (Phi) is 5.49. The van der Waals surface area contributed by atoms with E-state index >= 15 is 0 Å². The lowest BCUT2D eigenvalue weighted by molar-refractivity contribution is 0.0881. The zero-order chi connectivity index (χ0) is 14.9. The van der Waals surface area contributed by atoms with Crippen molar-refractivity contribution in [1.29, 1.82) is 0 Å². The van der Waals surface area contributed by atoms with Gasteiger partial charge in [-0.3, -0.25) is 14.0 Å². The highest BCUT2D eigenvalue weighted by Crippen LogP contribution is 2.15. The molecule has 2 rings (SSSR count). The van der Waals surface area contributed by atoms with Crippen LogP contribution in [0.1, 0.15) is 31.1 Å². The highest BCUT2D eigenvalue weighted by molar-refractivity contribution is 7.15. The lowest BCUT2D eigenvalue weighted by Gasteiger charge is -2.33. The van der Waals surface area contributed by atoms with E-state index < -0.39 is 11.4 Å². The second-order valence-corrected chi connectivity index (χ2v) is 6.14. The topological polar surface area (TPSA) is 89.5 Å². The van der Waals surface area contributed by atoms with Gasteiger partial charge in [0, 0.05) is 24.3 Å². The van der Waals surface area contributed by atoms with Crippen LogP contribution in [-0.4, -0.2) is 27.4 Å². The Morgan fingerprint density at radius 1 is 1.57 bits per heavy atom. The van der Waals surface area contributed by atoms with Crippen LogP contribution < -0.4 is 16.6 Å². The first kappa shape index (κ1) is 17.6. The molecule has 2 aromatic heterocycles. The minimum Gasteiger partial charge on any atom is -0.345 e. The number of carbonyl (C=O) groups is 1. The third-order valence-electron chi connectivity index (χ3n) is 3.68. The molecule has 1 unspecified atom stereocenters. The molecular formula is C13H19ClN4O2S. The van der Waals surface area contributed by atoms with Gasteiger partial charge < -0.3 is 11.1 Å². The van der Waals surface area contributed by atoms with Crippen LogP contribution >= 0.6 is 23.7 Å². The highest BCUT2D eigenvalue weighted by Gasteiger charge is 2.30. The van der Waals surface area contributed by atoms with Crippen LogP contribution in [0.3, 0.4) is 0 Å². The van der Waals surface area contributed by atoms with Crippen molar-refractivity contribution < 1.29 is 4.79 Å². The molecule has 0 aliphatic carbocycles. The molecule has 2 aromatic rings. The van der Waals surface area contributed by atoms with Crippen molar-refractivity contribution in [2.75, 3.05) is 6.54 Å². The van der Waals surface area contributed by atoms with E-state index in [0.29, 0.717) is 11.5 Å². The molecule has 0 aromatic carbocycles. The van der Waals surface area contributed by atoms with Crippen LogP contribution in [0.25, 0.3) is 4.96 Å². The Labute approximate surface area is 132 Å². The first-order chi connectivity index (χ1) is 9.39. The number of carbonyl (C=O) groups excluding carboxylic acids is 1. The molecule has 2 heterocycles. The summed E-state index contributed by atoms with van der Waals surface area (Å²) in [5, 5.41) is 4.60. The van der Waals surface area contributed by atoms with Crippen molar-refractivity contribution in [3.63, 3.8) is 0 Å². The van der Waals surface area contributed by atoms with Gasteiger partial charge in [0.15, 0.2) is 4.96 Å². The molecular weight excluding hydrogens is 312 g/mol. The summed E-state index contributed by atoms with van der Waals surface area (Å²) in [4.78, 5) is 29.2. The monoisotopic (exact) mass is 330 g/mol. The Morgan fingerprint density at radius 3 is 2.81 bits per heavy atom. The molecule has 8 heteroatoms. The molecule has 0 radical (unpaired) electrons. The van der Waals surface area contributed by atoms with Crippen LogP contribution in [0.2, 0.25) is 0 Å². The van der Waals surface area contributed by atoms with Crippen LogP contribution in [-0.2, 0) is 0 Å². The van der Waals surface area contributed by atoms with Gasteiger partial charge in [-0.05, 0) is 12.8 Å². The molecule has 0 saturated heterocycles. The Bertz CT molecular complexity index is 697. The fraction of sp³-hybridized carbons (Fsp3) is 0.462. The van der Waals surface area contributed by atoms with Gasteiger partial charge in [0.05, 0.1) is 5.54 Å². The normalized spacial score (nSPS) is 13.8. The number of rotatable bonds is 4. The lowest BCUT2D eigenvalue weighted by Crippen LogP contribution is -2.55. The lowest BCUT2D eigenvalue weighted by atomic mass is 9.88. The molecule has 0 aliphatic rings. The molecule has 1 amide bonds. The van der Waals surface area contributed by atoms with Crippen molar-refractivity contribution in [3.8, 4) is 0 Å². The molecule has 3 N–H and O–H groups in total. The average Bonchev–Trinajstić information content (AvgIpc) is 2.87. The summed E-state index contributed by atoms with van der Waals surface area (Å²) in [6, 6.07) is 0. The number of thiazole rings is 1. The summed E-state index contributed by atoms with van der Waals surface area (Å²) in [5.74, 6) is -0.290. The molecule has 0 aliphatic heterocycles. The second kappa shape index (κ2) is 6.55. The minimum absolute atomic E-state index is 0. The maximum Gasteiger partial charge on any atom is 0.271 e. The third kappa shape index (κ3) is 3.25. The van der Waals surface area contributed by atoms with Crippen LogP contribution in [0, 0.1) is 5.92 Å².